The van der Waals surface area contributed by atoms with Crippen LogP contribution in [0.5, 0.6) is 0 Å². The summed E-state index contributed by atoms with van der Waals surface area (Å²) in [5.41, 5.74) is -0.586. The van der Waals surface area contributed by atoms with Crippen LogP contribution in [-0.4, -0.2) is 27.1 Å². The van der Waals surface area contributed by atoms with E-state index in [0.717, 1.165) is 0 Å². The van der Waals surface area contributed by atoms with E-state index in [1.165, 1.54) is 18.4 Å². The molecule has 0 saturated carbocycles. The minimum absolute atomic E-state index is 0.275. The number of hydrogen-bond donors (Lipinski definition) is 2. The van der Waals surface area contributed by atoms with Crippen LogP contribution >= 0.6 is 0 Å². The second-order valence-corrected chi connectivity index (χ2v) is 3.18. The zero-order chi connectivity index (χ0) is 12.4. The molecule has 0 unspecified atom stereocenters. The lowest BCUT2D eigenvalue weighted by molar-refractivity contribution is 0.0646. The van der Waals surface area contributed by atoms with E-state index in [1.54, 1.807) is 12.1 Å². The molecule has 0 fully saturated rings. The maximum Gasteiger partial charge on any atom is 0.355 e. The monoisotopic (exact) mass is 233 g/mol. The number of aromatic carboxylic acids is 2. The maximum absolute atomic E-state index is 10.9. The molecule has 0 amide bonds. The van der Waals surface area contributed by atoms with Gasteiger partial charge < -0.3 is 14.6 Å². The molecule has 2 rings (SSSR count). The standard InChI is InChI=1S/C11H7NO5/c13-10(14)6-3-4-7(8-2-1-5-17-8)12-9(6)11(15)16/h1-5H,(H,13,14)(H,15,16). The van der Waals surface area contributed by atoms with Crippen LogP contribution in [0.15, 0.2) is 34.9 Å². The molecular weight excluding hydrogens is 226 g/mol. The SMILES string of the molecule is O=C(O)c1ccc(-c2ccco2)nc1C(=O)O. The van der Waals surface area contributed by atoms with Crippen LogP contribution in [0.1, 0.15) is 20.8 Å². The molecule has 0 aromatic carbocycles. The predicted molar refractivity (Wildman–Crippen MR) is 55.9 cm³/mol. The van der Waals surface area contributed by atoms with E-state index in [9.17, 15) is 9.59 Å². The van der Waals surface area contributed by atoms with Crippen molar-refractivity contribution in [2.75, 3.05) is 0 Å². The van der Waals surface area contributed by atoms with Gasteiger partial charge in [-0.05, 0) is 24.3 Å². The maximum atomic E-state index is 10.9. The van der Waals surface area contributed by atoms with Crippen molar-refractivity contribution in [3.8, 4) is 11.5 Å². The van der Waals surface area contributed by atoms with Crippen LogP contribution < -0.4 is 0 Å². The smallest absolute Gasteiger partial charge is 0.355 e. The number of nitrogens with zero attached hydrogens (tertiary/aromatic N) is 1. The number of hydrogen-bond acceptors (Lipinski definition) is 4. The van der Waals surface area contributed by atoms with E-state index < -0.39 is 17.6 Å². The summed E-state index contributed by atoms with van der Waals surface area (Å²) in [7, 11) is 0. The Balaban J connectivity index is 2.57. The Morgan fingerprint density at radius 2 is 1.88 bits per heavy atom. The fraction of sp³-hybridized carbons (Fsp3) is 0. The Kier molecular flexibility index (Phi) is 2.61. The van der Waals surface area contributed by atoms with Crippen molar-refractivity contribution in [2.24, 2.45) is 0 Å². The van der Waals surface area contributed by atoms with Gasteiger partial charge in [0.05, 0.1) is 11.8 Å². The molecule has 2 aromatic rings. The molecule has 6 heteroatoms. The summed E-state index contributed by atoms with van der Waals surface area (Å²) >= 11 is 0. The van der Waals surface area contributed by atoms with Gasteiger partial charge in [0.25, 0.3) is 0 Å². The number of furan rings is 1. The minimum Gasteiger partial charge on any atom is -0.478 e. The molecule has 0 atom stereocenters. The second-order valence-electron chi connectivity index (χ2n) is 3.18. The van der Waals surface area contributed by atoms with Gasteiger partial charge in [0.1, 0.15) is 5.69 Å². The van der Waals surface area contributed by atoms with Gasteiger partial charge in [-0.25, -0.2) is 14.6 Å². The Morgan fingerprint density at radius 3 is 2.41 bits per heavy atom. The van der Waals surface area contributed by atoms with Gasteiger partial charge in [-0.1, -0.05) is 0 Å². The average molecular weight is 233 g/mol. The average Bonchev–Trinajstić information content (AvgIpc) is 2.81. The summed E-state index contributed by atoms with van der Waals surface area (Å²) in [6.07, 6.45) is 1.42. The molecular formula is C11H7NO5. The first-order valence-corrected chi connectivity index (χ1v) is 4.61. The highest BCUT2D eigenvalue weighted by atomic mass is 16.4. The Morgan fingerprint density at radius 1 is 1.12 bits per heavy atom. The molecule has 0 radical (unpaired) electrons. The van der Waals surface area contributed by atoms with E-state index in [1.807, 2.05) is 0 Å². The third kappa shape index (κ3) is 2.00. The van der Waals surface area contributed by atoms with Crippen LogP contribution in [0.4, 0.5) is 0 Å². The Labute approximate surface area is 95.1 Å². The topological polar surface area (TPSA) is 101 Å². The summed E-state index contributed by atoms with van der Waals surface area (Å²) in [5.74, 6) is -2.35. The molecule has 0 aliphatic rings. The first kappa shape index (κ1) is 10.9. The van der Waals surface area contributed by atoms with Crippen LogP contribution in [0, 0.1) is 0 Å². The largest absolute Gasteiger partial charge is 0.478 e. The highest BCUT2D eigenvalue weighted by Gasteiger charge is 2.19. The molecule has 0 spiro atoms. The van der Waals surface area contributed by atoms with Gasteiger partial charge in [-0.2, -0.15) is 0 Å². The summed E-state index contributed by atoms with van der Waals surface area (Å²) in [6.45, 7) is 0. The fourth-order valence-corrected chi connectivity index (χ4v) is 1.36. The third-order valence-corrected chi connectivity index (χ3v) is 2.10. The Hall–Kier alpha value is -2.63. The fourth-order valence-electron chi connectivity index (χ4n) is 1.36. The van der Waals surface area contributed by atoms with Crippen molar-refractivity contribution in [2.45, 2.75) is 0 Å². The van der Waals surface area contributed by atoms with Gasteiger partial charge in [0.2, 0.25) is 0 Å². The summed E-state index contributed by atoms with van der Waals surface area (Å²) < 4.78 is 5.05. The molecule has 0 bridgehead atoms. The van der Waals surface area contributed by atoms with Crippen molar-refractivity contribution in [1.29, 1.82) is 0 Å². The predicted octanol–water partition coefficient (Wildman–Crippen LogP) is 1.74. The van der Waals surface area contributed by atoms with Gasteiger partial charge in [-0.3, -0.25) is 0 Å². The summed E-state index contributed by atoms with van der Waals surface area (Å²) in [6, 6.07) is 5.82. The highest BCUT2D eigenvalue weighted by Crippen LogP contribution is 2.19. The normalized spacial score (nSPS) is 10.1. The van der Waals surface area contributed by atoms with Gasteiger partial charge in [0, 0.05) is 0 Å². The van der Waals surface area contributed by atoms with Gasteiger partial charge in [-0.15, -0.1) is 0 Å². The molecule has 86 valence electrons. The van der Waals surface area contributed by atoms with E-state index in [0.29, 0.717) is 5.76 Å². The van der Waals surface area contributed by atoms with Gasteiger partial charge in [0.15, 0.2) is 11.5 Å². The molecule has 0 saturated heterocycles. The lowest BCUT2D eigenvalue weighted by Crippen LogP contribution is -2.10. The first-order valence-electron chi connectivity index (χ1n) is 4.61. The molecule has 2 aromatic heterocycles. The van der Waals surface area contributed by atoms with E-state index in [-0.39, 0.29) is 11.3 Å². The molecule has 0 aliphatic heterocycles. The summed E-state index contributed by atoms with van der Waals surface area (Å²) in [5, 5.41) is 17.7. The van der Waals surface area contributed by atoms with Crippen molar-refractivity contribution in [1.82, 2.24) is 4.98 Å². The van der Waals surface area contributed by atoms with Crippen LogP contribution in [-0.2, 0) is 0 Å². The number of aromatic nitrogens is 1. The van der Waals surface area contributed by atoms with Crippen molar-refractivity contribution in [3.63, 3.8) is 0 Å². The second kappa shape index (κ2) is 4.09. The van der Waals surface area contributed by atoms with Gasteiger partial charge >= 0.3 is 11.9 Å². The van der Waals surface area contributed by atoms with Crippen LogP contribution in [0.3, 0.4) is 0 Å². The minimum atomic E-state index is -1.39. The molecule has 2 N–H and O–H groups in total. The van der Waals surface area contributed by atoms with E-state index in [2.05, 4.69) is 4.98 Å². The third-order valence-electron chi connectivity index (χ3n) is 2.10. The Bertz CT molecular complexity index is 574. The number of carbonyl (C=O) groups is 2. The van der Waals surface area contributed by atoms with Crippen molar-refractivity contribution >= 4 is 11.9 Å². The zero-order valence-electron chi connectivity index (χ0n) is 8.45. The van der Waals surface area contributed by atoms with Crippen molar-refractivity contribution in [3.05, 3.63) is 41.8 Å². The van der Waals surface area contributed by atoms with E-state index in [4.69, 9.17) is 14.6 Å². The quantitative estimate of drug-likeness (QED) is 0.837. The molecule has 6 nitrogen and oxygen atoms in total. The number of carboxylic acid groups (broad SMARTS) is 2. The number of carboxylic acids is 2. The first-order chi connectivity index (χ1) is 8.09. The number of rotatable bonds is 3. The molecule has 17 heavy (non-hydrogen) atoms. The highest BCUT2D eigenvalue weighted by molar-refractivity contribution is 6.00. The van der Waals surface area contributed by atoms with E-state index >= 15 is 0 Å². The zero-order valence-corrected chi connectivity index (χ0v) is 8.45. The van der Waals surface area contributed by atoms with Crippen LogP contribution in [0.25, 0.3) is 11.5 Å². The number of pyridine rings is 1. The lowest BCUT2D eigenvalue weighted by Gasteiger charge is -2.02. The lowest BCUT2D eigenvalue weighted by atomic mass is 10.1. The summed E-state index contributed by atoms with van der Waals surface area (Å²) in [4.78, 5) is 25.5. The van der Waals surface area contributed by atoms with Crippen molar-refractivity contribution < 1.29 is 24.2 Å². The van der Waals surface area contributed by atoms with Crippen LogP contribution in [0.2, 0.25) is 0 Å². The molecule has 0 aliphatic carbocycles. The molecule has 2 heterocycles.